The summed E-state index contributed by atoms with van der Waals surface area (Å²) in [5.74, 6) is 0. The van der Waals surface area contributed by atoms with Gasteiger partial charge in [0, 0.05) is 5.02 Å². The molecule has 94 valence electrons. The van der Waals surface area contributed by atoms with Crippen molar-refractivity contribution in [1.29, 1.82) is 0 Å². The minimum Gasteiger partial charge on any atom is -0.381 e. The van der Waals surface area contributed by atoms with E-state index < -0.39 is 5.60 Å². The van der Waals surface area contributed by atoms with Crippen molar-refractivity contribution >= 4 is 11.6 Å². The lowest BCUT2D eigenvalue weighted by Crippen LogP contribution is -2.22. The van der Waals surface area contributed by atoms with E-state index in [1.54, 1.807) is 19.1 Å². The molecule has 2 heteroatoms. The van der Waals surface area contributed by atoms with Crippen LogP contribution in [0.25, 0.3) is 0 Å². The molecule has 0 saturated carbocycles. The van der Waals surface area contributed by atoms with E-state index in [4.69, 9.17) is 11.6 Å². The first-order chi connectivity index (χ1) is 8.41. The third kappa shape index (κ3) is 2.43. The molecule has 1 nitrogen and oxygen atoms in total. The molecule has 1 atom stereocenters. The lowest BCUT2D eigenvalue weighted by molar-refractivity contribution is 0.102. The fourth-order valence-corrected chi connectivity index (χ4v) is 2.11. The maximum Gasteiger partial charge on any atom is 0.112 e. The summed E-state index contributed by atoms with van der Waals surface area (Å²) in [5, 5.41) is 11.4. The van der Waals surface area contributed by atoms with Gasteiger partial charge >= 0.3 is 0 Å². The quantitative estimate of drug-likeness (QED) is 0.858. The molecular weight excluding hydrogens is 244 g/mol. The zero-order valence-corrected chi connectivity index (χ0v) is 11.6. The van der Waals surface area contributed by atoms with Gasteiger partial charge in [-0.25, -0.2) is 0 Å². The number of benzene rings is 2. The minimum absolute atomic E-state index is 0.676. The Morgan fingerprint density at radius 3 is 2.00 bits per heavy atom. The summed E-state index contributed by atoms with van der Waals surface area (Å²) in [6, 6.07) is 13.4. The van der Waals surface area contributed by atoms with Crippen molar-refractivity contribution in [3.05, 3.63) is 69.7 Å². The molecule has 0 bridgehead atoms. The highest BCUT2D eigenvalue weighted by Crippen LogP contribution is 2.30. The maximum absolute atomic E-state index is 10.7. The van der Waals surface area contributed by atoms with Crippen molar-refractivity contribution in [1.82, 2.24) is 0 Å². The highest BCUT2D eigenvalue weighted by molar-refractivity contribution is 6.30. The largest absolute Gasteiger partial charge is 0.381 e. The third-order valence-corrected chi connectivity index (χ3v) is 3.73. The molecule has 0 heterocycles. The predicted octanol–water partition coefficient (Wildman–Crippen LogP) is 4.21. The topological polar surface area (TPSA) is 20.2 Å². The number of aryl methyl sites for hydroxylation is 2. The molecule has 18 heavy (non-hydrogen) atoms. The van der Waals surface area contributed by atoms with E-state index in [1.165, 1.54) is 11.1 Å². The van der Waals surface area contributed by atoms with Gasteiger partial charge in [-0.05, 0) is 55.2 Å². The fourth-order valence-electron chi connectivity index (χ4n) is 1.99. The summed E-state index contributed by atoms with van der Waals surface area (Å²) < 4.78 is 0. The zero-order chi connectivity index (χ0) is 13.3. The van der Waals surface area contributed by atoms with E-state index in [0.29, 0.717) is 5.02 Å². The first-order valence-electron chi connectivity index (χ1n) is 5.97. The standard InChI is InChI=1S/C16H17ClO/c1-11-4-5-14(10-12(11)2)16(3,18)13-6-8-15(17)9-7-13/h4-10,18H,1-3H3. The zero-order valence-electron chi connectivity index (χ0n) is 10.9. The monoisotopic (exact) mass is 260 g/mol. The van der Waals surface area contributed by atoms with Crippen LogP contribution in [-0.4, -0.2) is 5.11 Å². The van der Waals surface area contributed by atoms with Crippen molar-refractivity contribution in [3.63, 3.8) is 0 Å². The normalized spacial score (nSPS) is 14.3. The molecular formula is C16H17ClO. The summed E-state index contributed by atoms with van der Waals surface area (Å²) in [6.45, 7) is 5.92. The van der Waals surface area contributed by atoms with E-state index in [9.17, 15) is 5.11 Å². The van der Waals surface area contributed by atoms with E-state index in [2.05, 4.69) is 13.8 Å². The first-order valence-corrected chi connectivity index (χ1v) is 6.35. The van der Waals surface area contributed by atoms with Crippen molar-refractivity contribution in [3.8, 4) is 0 Å². The van der Waals surface area contributed by atoms with Gasteiger partial charge in [0.05, 0.1) is 0 Å². The highest BCUT2D eigenvalue weighted by atomic mass is 35.5. The number of rotatable bonds is 2. The Hall–Kier alpha value is -1.31. The molecule has 0 radical (unpaired) electrons. The molecule has 1 unspecified atom stereocenters. The molecule has 0 amide bonds. The van der Waals surface area contributed by atoms with Gasteiger partial charge < -0.3 is 5.11 Å². The summed E-state index contributed by atoms with van der Waals surface area (Å²) in [7, 11) is 0. The van der Waals surface area contributed by atoms with Gasteiger partial charge in [-0.3, -0.25) is 0 Å². The Kier molecular flexibility index (Phi) is 3.47. The average Bonchev–Trinajstić information content (AvgIpc) is 2.33. The second kappa shape index (κ2) is 4.75. The van der Waals surface area contributed by atoms with Crippen molar-refractivity contribution < 1.29 is 5.11 Å². The van der Waals surface area contributed by atoms with Crippen LogP contribution in [0.3, 0.4) is 0 Å². The van der Waals surface area contributed by atoms with Gasteiger partial charge in [0.1, 0.15) is 5.60 Å². The molecule has 0 saturated heterocycles. The van der Waals surface area contributed by atoms with Gasteiger partial charge in [0.2, 0.25) is 0 Å². The lowest BCUT2D eigenvalue weighted by atomic mass is 9.87. The van der Waals surface area contributed by atoms with Crippen LogP contribution < -0.4 is 0 Å². The number of halogens is 1. The Balaban J connectivity index is 2.46. The molecule has 0 spiro atoms. The Bertz CT molecular complexity index is 556. The lowest BCUT2D eigenvalue weighted by Gasteiger charge is -2.25. The molecule has 2 rings (SSSR count). The minimum atomic E-state index is -0.997. The summed E-state index contributed by atoms with van der Waals surface area (Å²) in [4.78, 5) is 0. The van der Waals surface area contributed by atoms with Crippen LogP contribution in [0.15, 0.2) is 42.5 Å². The van der Waals surface area contributed by atoms with E-state index in [1.807, 2.05) is 30.3 Å². The average molecular weight is 261 g/mol. The second-order valence-corrected chi connectivity index (χ2v) is 5.31. The number of hydrogen-bond acceptors (Lipinski definition) is 1. The van der Waals surface area contributed by atoms with Crippen LogP contribution >= 0.6 is 11.6 Å². The molecule has 2 aromatic carbocycles. The van der Waals surface area contributed by atoms with Crippen LogP contribution in [0.2, 0.25) is 5.02 Å². The third-order valence-electron chi connectivity index (χ3n) is 3.48. The predicted molar refractivity (Wildman–Crippen MR) is 76.0 cm³/mol. The molecule has 1 N–H and O–H groups in total. The molecule has 0 aliphatic rings. The smallest absolute Gasteiger partial charge is 0.112 e. The van der Waals surface area contributed by atoms with Crippen molar-refractivity contribution in [2.45, 2.75) is 26.4 Å². The van der Waals surface area contributed by atoms with Crippen LogP contribution in [0.1, 0.15) is 29.2 Å². The molecule has 0 aliphatic carbocycles. The summed E-state index contributed by atoms with van der Waals surface area (Å²) in [6.07, 6.45) is 0. The maximum atomic E-state index is 10.7. The van der Waals surface area contributed by atoms with Crippen LogP contribution in [0, 0.1) is 13.8 Å². The van der Waals surface area contributed by atoms with Crippen LogP contribution in [-0.2, 0) is 5.60 Å². The number of aliphatic hydroxyl groups is 1. The second-order valence-electron chi connectivity index (χ2n) is 4.88. The SMILES string of the molecule is Cc1ccc(C(C)(O)c2ccc(Cl)cc2)cc1C. The van der Waals surface area contributed by atoms with Gasteiger partial charge in [-0.1, -0.05) is 41.9 Å². The van der Waals surface area contributed by atoms with E-state index in [0.717, 1.165) is 11.1 Å². The van der Waals surface area contributed by atoms with E-state index >= 15 is 0 Å². The first kappa shape index (κ1) is 13.1. The highest BCUT2D eigenvalue weighted by Gasteiger charge is 2.25. The summed E-state index contributed by atoms with van der Waals surface area (Å²) in [5.41, 5.74) is 3.15. The molecule has 0 fully saturated rings. The van der Waals surface area contributed by atoms with Gasteiger partial charge in [-0.15, -0.1) is 0 Å². The summed E-state index contributed by atoms with van der Waals surface area (Å²) >= 11 is 5.87. The Morgan fingerprint density at radius 1 is 0.889 bits per heavy atom. The fraction of sp³-hybridized carbons (Fsp3) is 0.250. The van der Waals surface area contributed by atoms with E-state index in [-0.39, 0.29) is 0 Å². The molecule has 0 aromatic heterocycles. The van der Waals surface area contributed by atoms with Crippen molar-refractivity contribution in [2.75, 3.05) is 0 Å². The van der Waals surface area contributed by atoms with Crippen LogP contribution in [0.4, 0.5) is 0 Å². The van der Waals surface area contributed by atoms with Crippen LogP contribution in [0.5, 0.6) is 0 Å². The van der Waals surface area contributed by atoms with Gasteiger partial charge in [0.25, 0.3) is 0 Å². The number of hydrogen-bond donors (Lipinski definition) is 1. The van der Waals surface area contributed by atoms with Crippen molar-refractivity contribution in [2.24, 2.45) is 0 Å². The Morgan fingerprint density at radius 2 is 1.44 bits per heavy atom. The van der Waals surface area contributed by atoms with Gasteiger partial charge in [-0.2, -0.15) is 0 Å². The molecule has 2 aromatic rings. The Labute approximate surface area is 113 Å². The molecule has 0 aliphatic heterocycles. The van der Waals surface area contributed by atoms with Gasteiger partial charge in [0.15, 0.2) is 0 Å².